The van der Waals surface area contributed by atoms with E-state index in [2.05, 4.69) is 20.8 Å². The number of nitrogens with zero attached hydrogens (tertiary/aromatic N) is 5. The highest BCUT2D eigenvalue weighted by molar-refractivity contribution is 6.30. The first-order valence-corrected chi connectivity index (χ1v) is 14.0. The van der Waals surface area contributed by atoms with E-state index in [1.165, 1.54) is 58.4 Å². The van der Waals surface area contributed by atoms with Crippen molar-refractivity contribution in [2.24, 2.45) is 11.8 Å². The van der Waals surface area contributed by atoms with Gasteiger partial charge in [0.05, 0.1) is 17.2 Å². The van der Waals surface area contributed by atoms with Crippen LogP contribution in [0.25, 0.3) is 11.8 Å². The molecule has 2 amide bonds. The van der Waals surface area contributed by atoms with Gasteiger partial charge in [-0.25, -0.2) is 4.79 Å². The third-order valence-corrected chi connectivity index (χ3v) is 7.75. The van der Waals surface area contributed by atoms with Gasteiger partial charge >= 0.3 is 12.1 Å². The average Bonchev–Trinajstić information content (AvgIpc) is 3.54. The maximum atomic E-state index is 13.8. The number of amides is 2. The number of alkyl halides is 3. The molecule has 2 N–H and O–H groups in total. The number of tetrazole rings is 1. The lowest BCUT2D eigenvalue weighted by Gasteiger charge is -2.41. The zero-order chi connectivity index (χ0) is 31.4. The van der Waals surface area contributed by atoms with Gasteiger partial charge in [0.25, 0.3) is 0 Å². The summed E-state index contributed by atoms with van der Waals surface area (Å²) in [4.78, 5) is 40.1. The summed E-state index contributed by atoms with van der Waals surface area (Å²) in [5.74, 6) is -4.71. The zero-order valence-electron chi connectivity index (χ0n) is 23.0. The van der Waals surface area contributed by atoms with Gasteiger partial charge in [0, 0.05) is 34.8 Å². The molecule has 228 valence electrons. The predicted octanol–water partition coefficient (Wildman–Crippen LogP) is 5.34. The molecule has 3 aromatic rings. The van der Waals surface area contributed by atoms with Crippen molar-refractivity contribution in [2.45, 2.75) is 31.5 Å². The van der Waals surface area contributed by atoms with E-state index in [1.807, 2.05) is 0 Å². The molecule has 5 rings (SSSR count). The van der Waals surface area contributed by atoms with Crippen molar-refractivity contribution in [3.63, 3.8) is 0 Å². The molecule has 3 atom stereocenters. The van der Waals surface area contributed by atoms with Crippen LogP contribution >= 0.6 is 11.6 Å². The molecule has 0 radical (unpaired) electrons. The Labute approximate surface area is 254 Å². The molecule has 1 fully saturated rings. The summed E-state index contributed by atoms with van der Waals surface area (Å²) < 4.78 is 42.3. The number of rotatable bonds is 7. The monoisotopic (exact) mass is 626 g/mol. The molecule has 2 heterocycles. The van der Waals surface area contributed by atoms with E-state index in [9.17, 15) is 32.7 Å². The number of benzene rings is 2. The lowest BCUT2D eigenvalue weighted by Crippen LogP contribution is -2.54. The van der Waals surface area contributed by atoms with Crippen molar-refractivity contribution in [3.8, 4) is 5.69 Å². The number of aromatic carboxylic acids is 1. The van der Waals surface area contributed by atoms with Gasteiger partial charge < -0.3 is 15.3 Å². The minimum absolute atomic E-state index is 0.0123. The molecule has 14 heteroatoms. The Morgan fingerprint density at radius 2 is 1.89 bits per heavy atom. The Bertz CT molecular complexity index is 1640. The van der Waals surface area contributed by atoms with Gasteiger partial charge in [0.2, 0.25) is 11.8 Å². The van der Waals surface area contributed by atoms with Crippen molar-refractivity contribution in [1.82, 2.24) is 25.1 Å². The van der Waals surface area contributed by atoms with Crippen molar-refractivity contribution in [2.75, 3.05) is 11.9 Å². The summed E-state index contributed by atoms with van der Waals surface area (Å²) in [6.45, 7) is 0.185. The number of carboxylic acid groups (broad SMARTS) is 1. The molecule has 1 aliphatic heterocycles. The van der Waals surface area contributed by atoms with Gasteiger partial charge in [-0.05, 0) is 83.8 Å². The van der Waals surface area contributed by atoms with E-state index in [0.717, 1.165) is 6.08 Å². The van der Waals surface area contributed by atoms with Crippen molar-refractivity contribution in [3.05, 3.63) is 94.8 Å². The van der Waals surface area contributed by atoms with Crippen LogP contribution in [0.15, 0.2) is 78.7 Å². The van der Waals surface area contributed by atoms with Gasteiger partial charge in [0.15, 0.2) is 0 Å². The lowest BCUT2D eigenvalue weighted by atomic mass is 9.79. The van der Waals surface area contributed by atoms with Gasteiger partial charge in [0.1, 0.15) is 12.4 Å². The van der Waals surface area contributed by atoms with Crippen LogP contribution in [0.2, 0.25) is 5.02 Å². The molecule has 0 spiro atoms. The molecular formula is C30H26ClF3N6O4. The van der Waals surface area contributed by atoms with Crippen LogP contribution in [0.4, 0.5) is 18.9 Å². The van der Waals surface area contributed by atoms with Crippen molar-refractivity contribution < 1.29 is 32.7 Å². The first kappa shape index (κ1) is 30.7. The van der Waals surface area contributed by atoms with E-state index >= 15 is 0 Å². The molecule has 10 nitrogen and oxygen atoms in total. The number of carboxylic acids is 1. The summed E-state index contributed by atoms with van der Waals surface area (Å²) in [7, 11) is 0. The van der Waals surface area contributed by atoms with Gasteiger partial charge in [-0.1, -0.05) is 29.8 Å². The summed E-state index contributed by atoms with van der Waals surface area (Å²) in [5.41, 5.74) is 1.67. The second-order valence-electron chi connectivity index (χ2n) is 10.3. The molecule has 44 heavy (non-hydrogen) atoms. The Kier molecular flexibility index (Phi) is 8.95. The molecular weight excluding hydrogens is 601 g/mol. The fourth-order valence-corrected chi connectivity index (χ4v) is 5.59. The lowest BCUT2D eigenvalue weighted by molar-refractivity contribution is -0.160. The van der Waals surface area contributed by atoms with Crippen LogP contribution in [0, 0.1) is 11.8 Å². The number of hydrogen-bond donors (Lipinski definition) is 2. The zero-order valence-corrected chi connectivity index (χ0v) is 23.7. The number of anilines is 1. The number of hydrogen-bond acceptors (Lipinski definition) is 6. The van der Waals surface area contributed by atoms with E-state index in [4.69, 9.17) is 11.6 Å². The summed E-state index contributed by atoms with van der Waals surface area (Å²) in [6.07, 6.45) is 4.49. The predicted molar refractivity (Wildman–Crippen MR) is 155 cm³/mol. The highest BCUT2D eigenvalue weighted by Crippen LogP contribution is 2.39. The number of nitrogens with one attached hydrogen (secondary N) is 1. The van der Waals surface area contributed by atoms with Crippen molar-refractivity contribution >= 4 is 41.1 Å². The summed E-state index contributed by atoms with van der Waals surface area (Å²) >= 11 is 6.19. The minimum Gasteiger partial charge on any atom is -0.478 e. The highest BCUT2D eigenvalue weighted by atomic mass is 35.5. The van der Waals surface area contributed by atoms with Crippen LogP contribution in [-0.2, 0) is 9.59 Å². The van der Waals surface area contributed by atoms with Crippen LogP contribution < -0.4 is 5.32 Å². The molecule has 2 aliphatic rings. The fourth-order valence-electron chi connectivity index (χ4n) is 5.41. The second-order valence-corrected chi connectivity index (χ2v) is 10.8. The Morgan fingerprint density at radius 1 is 1.11 bits per heavy atom. The highest BCUT2D eigenvalue weighted by Gasteiger charge is 2.43. The number of likely N-dealkylation sites (tertiary alicyclic amines) is 1. The molecule has 1 aliphatic carbocycles. The van der Waals surface area contributed by atoms with Crippen LogP contribution in [0.5, 0.6) is 0 Å². The van der Waals surface area contributed by atoms with Crippen LogP contribution in [-0.4, -0.2) is 66.8 Å². The smallest absolute Gasteiger partial charge is 0.395 e. The topological polar surface area (TPSA) is 130 Å². The maximum Gasteiger partial charge on any atom is 0.395 e. The Morgan fingerprint density at radius 3 is 2.57 bits per heavy atom. The molecule has 0 bridgehead atoms. The Balaban J connectivity index is 1.47. The third kappa shape index (κ3) is 6.88. The third-order valence-electron chi connectivity index (χ3n) is 7.52. The molecule has 0 saturated carbocycles. The number of piperidine rings is 1. The first-order valence-electron chi connectivity index (χ1n) is 13.6. The van der Waals surface area contributed by atoms with Gasteiger partial charge in [-0.3, -0.25) is 9.59 Å². The first-order chi connectivity index (χ1) is 21.0. The summed E-state index contributed by atoms with van der Waals surface area (Å²) in [5, 5.41) is 23.4. The van der Waals surface area contributed by atoms with E-state index < -0.39 is 41.8 Å². The van der Waals surface area contributed by atoms with E-state index in [0.29, 0.717) is 34.7 Å². The van der Waals surface area contributed by atoms with Crippen LogP contribution in [0.1, 0.15) is 35.2 Å². The number of aromatic nitrogens is 4. The number of carbonyl (C=O) groups is 3. The SMILES string of the molecule is O=C(O)c1ccc(NC(=O)C2C(C3=CC(C(F)(F)F)CC=C3)CCCN2C(=O)/C=C/c2cc(Cl)ccc2-n2cnnn2)cc1. The van der Waals surface area contributed by atoms with Crippen LogP contribution in [0.3, 0.4) is 0 Å². The number of halogens is 4. The van der Waals surface area contributed by atoms with Gasteiger partial charge in [-0.2, -0.15) is 17.9 Å². The maximum absolute atomic E-state index is 13.8. The summed E-state index contributed by atoms with van der Waals surface area (Å²) in [6, 6.07) is 9.21. The second kappa shape index (κ2) is 12.8. The van der Waals surface area contributed by atoms with E-state index in [1.54, 1.807) is 24.3 Å². The largest absolute Gasteiger partial charge is 0.478 e. The molecule has 2 aromatic carbocycles. The standard InChI is InChI=1S/C30H26ClF3N6O4/c31-22-9-12-25(40-17-35-37-38-40)20(16-22)8-13-26(41)39-14-2-5-24(19-3-1-4-21(15-19)30(32,33)34)27(39)28(42)36-23-10-6-18(7-11-23)29(43)44/h1,3,6-13,15-17,21,24,27H,2,4-5,14H2,(H,36,42)(H,43,44)/b13-8+. The number of carbonyl (C=O) groups excluding carboxylic acids is 2. The van der Waals surface area contributed by atoms with Crippen molar-refractivity contribution in [1.29, 1.82) is 0 Å². The normalized spacial score (nSPS) is 20.4. The molecule has 1 aromatic heterocycles. The fraction of sp³-hybridized carbons (Fsp3) is 0.267. The quantitative estimate of drug-likeness (QED) is 0.339. The molecule has 1 saturated heterocycles. The minimum atomic E-state index is -4.46. The average molecular weight is 627 g/mol. The molecule has 3 unspecified atom stereocenters. The van der Waals surface area contributed by atoms with E-state index in [-0.39, 0.29) is 24.2 Å². The Hall–Kier alpha value is -4.78. The number of allylic oxidation sites excluding steroid dienone is 3. The van der Waals surface area contributed by atoms with Gasteiger partial charge in [-0.15, -0.1) is 5.10 Å².